The first-order chi connectivity index (χ1) is 14.7. The molecule has 0 saturated carbocycles. The number of piperazine rings is 1. The van der Waals surface area contributed by atoms with E-state index in [1.807, 2.05) is 29.0 Å². The van der Waals surface area contributed by atoms with Gasteiger partial charge in [-0.15, -0.1) is 11.7 Å². The highest BCUT2D eigenvalue weighted by Gasteiger charge is 2.30. The van der Waals surface area contributed by atoms with Crippen LogP contribution in [0.2, 0.25) is 5.02 Å². The molecule has 3 aromatic rings. The molecule has 1 saturated heterocycles. The lowest BCUT2D eigenvalue weighted by molar-refractivity contribution is 0.112. The van der Waals surface area contributed by atoms with E-state index < -0.39 is 0 Å². The molecule has 2 heterocycles. The molecule has 0 spiro atoms. The Morgan fingerprint density at radius 3 is 2.43 bits per heavy atom. The predicted octanol–water partition coefficient (Wildman–Crippen LogP) is 3.46. The zero-order valence-electron chi connectivity index (χ0n) is 17.1. The summed E-state index contributed by atoms with van der Waals surface area (Å²) in [6.45, 7) is 9.44. The molecule has 0 radical (unpaired) electrons. The van der Waals surface area contributed by atoms with Gasteiger partial charge in [-0.2, -0.15) is 0 Å². The predicted molar refractivity (Wildman–Crippen MR) is 119 cm³/mol. The number of halogens is 1. The highest BCUT2D eigenvalue weighted by molar-refractivity contribution is 6.30. The minimum atomic E-state index is -0.000999. The maximum Gasteiger partial charge on any atom is 0.173 e. The number of hydrogen-bond donors (Lipinski definition) is 0. The Morgan fingerprint density at radius 2 is 1.73 bits per heavy atom. The van der Waals surface area contributed by atoms with Crippen LogP contribution in [0, 0.1) is 0 Å². The summed E-state index contributed by atoms with van der Waals surface area (Å²) in [5, 5.41) is 13.5. The number of tetrazole rings is 1. The van der Waals surface area contributed by atoms with Crippen molar-refractivity contribution in [2.45, 2.75) is 19.0 Å². The van der Waals surface area contributed by atoms with Gasteiger partial charge in [-0.25, -0.2) is 4.68 Å². The quantitative estimate of drug-likeness (QED) is 0.520. The molecule has 0 bridgehead atoms. The molecule has 4 rings (SSSR count). The minimum Gasteiger partial charge on any atom is -0.297 e. The van der Waals surface area contributed by atoms with Gasteiger partial charge < -0.3 is 0 Å². The molecule has 2 aromatic carbocycles. The van der Waals surface area contributed by atoms with Crippen molar-refractivity contribution in [3.8, 4) is 0 Å². The molecule has 0 aliphatic carbocycles. The molecule has 1 fully saturated rings. The average Bonchev–Trinajstić information content (AvgIpc) is 3.24. The second-order valence-electron chi connectivity index (χ2n) is 7.58. The Bertz CT molecular complexity index is 932. The van der Waals surface area contributed by atoms with E-state index >= 15 is 0 Å². The number of aryl methyl sites for hydroxylation is 2. The fraction of sp³-hybridized carbons (Fsp3) is 0.348. The summed E-state index contributed by atoms with van der Waals surface area (Å²) in [5.41, 5.74) is 2.44. The summed E-state index contributed by atoms with van der Waals surface area (Å²) < 4.78 is 1.95. The molecule has 156 valence electrons. The summed E-state index contributed by atoms with van der Waals surface area (Å²) in [7, 11) is 0. The highest BCUT2D eigenvalue weighted by Crippen LogP contribution is 2.29. The van der Waals surface area contributed by atoms with Crippen LogP contribution in [0.15, 0.2) is 67.3 Å². The Hall–Kier alpha value is -2.54. The summed E-state index contributed by atoms with van der Waals surface area (Å²) in [5.74, 6) is 0.880. The molecule has 1 atom stereocenters. The smallest absolute Gasteiger partial charge is 0.173 e. The van der Waals surface area contributed by atoms with Crippen molar-refractivity contribution in [1.29, 1.82) is 0 Å². The van der Waals surface area contributed by atoms with Crippen LogP contribution in [-0.2, 0) is 13.0 Å². The molecule has 1 aliphatic rings. The molecular formula is C23H27ClN6. The van der Waals surface area contributed by atoms with E-state index in [1.54, 1.807) is 0 Å². The Morgan fingerprint density at radius 1 is 1.00 bits per heavy atom. The van der Waals surface area contributed by atoms with E-state index in [-0.39, 0.29) is 6.04 Å². The second-order valence-corrected chi connectivity index (χ2v) is 8.01. The maximum atomic E-state index is 6.15. The number of hydrogen-bond acceptors (Lipinski definition) is 5. The monoisotopic (exact) mass is 422 g/mol. The lowest BCUT2D eigenvalue weighted by atomic mass is 10.0. The molecular weight excluding hydrogens is 396 g/mol. The molecule has 6 nitrogen and oxygen atoms in total. The first-order valence-corrected chi connectivity index (χ1v) is 10.7. The van der Waals surface area contributed by atoms with Gasteiger partial charge in [-0.3, -0.25) is 9.80 Å². The van der Waals surface area contributed by atoms with Crippen molar-refractivity contribution < 1.29 is 0 Å². The molecule has 1 aromatic heterocycles. The van der Waals surface area contributed by atoms with Crippen LogP contribution in [0.3, 0.4) is 0 Å². The van der Waals surface area contributed by atoms with Crippen molar-refractivity contribution in [3.63, 3.8) is 0 Å². The zero-order chi connectivity index (χ0) is 20.8. The van der Waals surface area contributed by atoms with E-state index in [9.17, 15) is 0 Å². The van der Waals surface area contributed by atoms with Crippen LogP contribution in [0.25, 0.3) is 0 Å². The molecule has 1 aliphatic heterocycles. The first kappa shape index (κ1) is 20.7. The van der Waals surface area contributed by atoms with Gasteiger partial charge in [0.15, 0.2) is 5.82 Å². The Balaban J connectivity index is 1.58. The van der Waals surface area contributed by atoms with Crippen molar-refractivity contribution in [3.05, 3.63) is 89.2 Å². The van der Waals surface area contributed by atoms with Gasteiger partial charge in [0, 0.05) is 44.3 Å². The van der Waals surface area contributed by atoms with Crippen LogP contribution in [0.5, 0.6) is 0 Å². The van der Waals surface area contributed by atoms with Gasteiger partial charge in [0.1, 0.15) is 0 Å². The van der Waals surface area contributed by atoms with Crippen molar-refractivity contribution >= 4 is 11.6 Å². The average molecular weight is 423 g/mol. The highest BCUT2D eigenvalue weighted by atomic mass is 35.5. The number of nitrogens with zero attached hydrogens (tertiary/aromatic N) is 6. The second kappa shape index (κ2) is 9.98. The van der Waals surface area contributed by atoms with Crippen LogP contribution in [-0.4, -0.2) is 62.7 Å². The van der Waals surface area contributed by atoms with Gasteiger partial charge in [-0.05, 0) is 40.1 Å². The van der Waals surface area contributed by atoms with Gasteiger partial charge in [0.25, 0.3) is 0 Å². The lowest BCUT2D eigenvalue weighted by Crippen LogP contribution is -2.48. The van der Waals surface area contributed by atoms with E-state index in [0.717, 1.165) is 62.1 Å². The molecule has 30 heavy (non-hydrogen) atoms. The topological polar surface area (TPSA) is 50.1 Å². The largest absolute Gasteiger partial charge is 0.297 e. The number of aromatic nitrogens is 4. The van der Waals surface area contributed by atoms with E-state index in [4.69, 9.17) is 11.6 Å². The third-order valence-electron chi connectivity index (χ3n) is 5.60. The number of benzene rings is 2. The Kier molecular flexibility index (Phi) is 6.89. The van der Waals surface area contributed by atoms with Gasteiger partial charge >= 0.3 is 0 Å². The van der Waals surface area contributed by atoms with Crippen LogP contribution in [0.1, 0.15) is 23.0 Å². The summed E-state index contributed by atoms with van der Waals surface area (Å²) in [4.78, 5) is 4.88. The van der Waals surface area contributed by atoms with Gasteiger partial charge in [0.05, 0.1) is 6.04 Å². The van der Waals surface area contributed by atoms with E-state index in [2.05, 4.69) is 68.3 Å². The van der Waals surface area contributed by atoms with Gasteiger partial charge in [-0.1, -0.05) is 60.1 Å². The van der Waals surface area contributed by atoms with Crippen molar-refractivity contribution in [1.82, 2.24) is 30.0 Å². The van der Waals surface area contributed by atoms with Crippen LogP contribution >= 0.6 is 11.6 Å². The Labute approximate surface area is 182 Å². The summed E-state index contributed by atoms with van der Waals surface area (Å²) in [6, 6.07) is 18.5. The van der Waals surface area contributed by atoms with Crippen molar-refractivity contribution in [2.75, 3.05) is 32.7 Å². The summed E-state index contributed by atoms with van der Waals surface area (Å²) >= 11 is 6.15. The minimum absolute atomic E-state index is 0.000999. The van der Waals surface area contributed by atoms with Crippen LogP contribution in [0.4, 0.5) is 0 Å². The molecule has 0 amide bonds. The maximum absolute atomic E-state index is 6.15. The van der Waals surface area contributed by atoms with E-state index in [0.29, 0.717) is 0 Å². The molecule has 0 N–H and O–H groups in total. The van der Waals surface area contributed by atoms with E-state index in [1.165, 1.54) is 5.56 Å². The SMILES string of the molecule is C=CCN1CCN(C(c2ccc(Cl)cc2)c2nnnn2CCc2ccccc2)CC1. The lowest BCUT2D eigenvalue weighted by Gasteiger charge is -2.38. The fourth-order valence-electron chi connectivity index (χ4n) is 4.00. The third kappa shape index (κ3) is 4.95. The first-order valence-electron chi connectivity index (χ1n) is 10.4. The van der Waals surface area contributed by atoms with Crippen molar-refractivity contribution in [2.24, 2.45) is 0 Å². The summed E-state index contributed by atoms with van der Waals surface area (Å²) in [6.07, 6.45) is 2.86. The van der Waals surface area contributed by atoms with Crippen LogP contribution < -0.4 is 0 Å². The molecule has 1 unspecified atom stereocenters. The number of rotatable bonds is 8. The normalized spacial score (nSPS) is 16.4. The fourth-order valence-corrected chi connectivity index (χ4v) is 4.13. The van der Waals surface area contributed by atoms with Gasteiger partial charge in [0.2, 0.25) is 0 Å². The standard InChI is InChI=1S/C23H27ClN6/c1-2-13-28-15-17-29(18-16-28)22(20-8-10-21(24)11-9-20)23-25-26-27-30(23)14-12-19-6-4-3-5-7-19/h2-11,22H,1,12-18H2. The zero-order valence-corrected chi connectivity index (χ0v) is 17.8. The molecule has 7 heteroatoms. The third-order valence-corrected chi connectivity index (χ3v) is 5.86.